The Morgan fingerprint density at radius 1 is 1.40 bits per heavy atom. The Balaban J connectivity index is 0.000000423. The summed E-state index contributed by atoms with van der Waals surface area (Å²) >= 11 is 1.46. The zero-order chi connectivity index (χ0) is 11.7. The maximum absolute atomic E-state index is 8.25. The molecule has 0 saturated carbocycles. The van der Waals surface area contributed by atoms with Gasteiger partial charge in [0.25, 0.3) is 5.17 Å². The first-order valence-electron chi connectivity index (χ1n) is 3.88. The molecule has 0 spiro atoms. The predicted octanol–water partition coefficient (Wildman–Crippen LogP) is -0.245. The lowest BCUT2D eigenvalue weighted by Gasteiger charge is -1.94. The van der Waals surface area contributed by atoms with Crippen LogP contribution in [0.4, 0.5) is 0 Å². The van der Waals surface area contributed by atoms with E-state index in [-0.39, 0.29) is 0 Å². The second-order valence-corrected chi connectivity index (χ2v) is 3.45. The molecule has 4 N–H and O–H groups in total. The number of nitrogens with two attached hydrogens (primary N) is 2. The van der Waals surface area contributed by atoms with Gasteiger partial charge in [0, 0.05) is 5.75 Å². The Morgan fingerprint density at radius 2 is 1.87 bits per heavy atom. The van der Waals surface area contributed by atoms with Crippen molar-refractivity contribution in [2.24, 2.45) is 5.73 Å². The fourth-order valence-corrected chi connectivity index (χ4v) is 1.27. The van der Waals surface area contributed by atoms with Crippen molar-refractivity contribution in [3.05, 3.63) is 51.2 Å². The average Bonchev–Trinajstić information content (AvgIpc) is 2.15. The third-order valence-electron chi connectivity index (χ3n) is 1.25. The van der Waals surface area contributed by atoms with Gasteiger partial charge in [-0.1, -0.05) is 30.3 Å². The summed E-state index contributed by atoms with van der Waals surface area (Å²) in [5, 5.41) is 20.5. The maximum Gasteiger partial charge on any atom is 0.300 e. The van der Waals surface area contributed by atoms with Crippen molar-refractivity contribution < 1.29 is 10.5 Å². The van der Waals surface area contributed by atoms with Crippen molar-refractivity contribution in [2.45, 2.75) is 5.75 Å². The highest BCUT2D eigenvalue weighted by atomic mass is 32.2. The van der Waals surface area contributed by atoms with Gasteiger partial charge in [-0.05, 0) is 17.3 Å². The third-order valence-corrected chi connectivity index (χ3v) is 2.06. The molecular weight excluding hydrogens is 218 g/mol. The molecule has 0 radical (unpaired) electrons. The lowest BCUT2D eigenvalue weighted by Crippen LogP contribution is -2.43. The molecule has 15 heavy (non-hydrogen) atoms. The minimum Gasteiger partial charge on any atom is -0.356 e. The summed E-state index contributed by atoms with van der Waals surface area (Å²) in [4.78, 5) is 8.25. The molecule has 0 bridgehead atoms. The van der Waals surface area contributed by atoms with Crippen LogP contribution in [0.1, 0.15) is 5.56 Å². The largest absolute Gasteiger partial charge is 0.356 e. The summed E-state index contributed by atoms with van der Waals surface area (Å²) < 4.78 is 0. The standard InChI is InChI=1S/C8H10N2S.NO3/c9-8(10)11-6-7-4-2-1-3-5-7;2-1(3)4/h1-5H,6H2,(H3,9,10);/q;-1/p+1. The van der Waals surface area contributed by atoms with Crippen molar-refractivity contribution in [1.82, 2.24) is 0 Å². The van der Waals surface area contributed by atoms with Gasteiger partial charge in [0.15, 0.2) is 0 Å². The van der Waals surface area contributed by atoms with Gasteiger partial charge in [-0.15, -0.1) is 0 Å². The molecule has 82 valence electrons. The van der Waals surface area contributed by atoms with Crippen molar-refractivity contribution in [2.75, 3.05) is 0 Å². The summed E-state index contributed by atoms with van der Waals surface area (Å²) in [7, 11) is 0. The Morgan fingerprint density at radius 3 is 2.27 bits per heavy atom. The SMILES string of the molecule is NC(=[NH2+])SCc1ccccc1.O=[N+]([O-])[O-]. The molecule has 0 aliphatic rings. The fourth-order valence-electron chi connectivity index (χ4n) is 0.741. The number of nitrogens with zero attached hydrogens (tertiary/aromatic N) is 1. The molecule has 0 aromatic heterocycles. The molecule has 7 heteroatoms. The normalized spacial score (nSPS) is 8.53. The molecule has 0 unspecified atom stereocenters. The maximum atomic E-state index is 8.25. The number of rotatable bonds is 2. The molecule has 0 atom stereocenters. The van der Waals surface area contributed by atoms with E-state index in [1.807, 2.05) is 18.2 Å². The molecule has 1 rings (SSSR count). The van der Waals surface area contributed by atoms with Crippen molar-refractivity contribution >= 4 is 16.9 Å². The van der Waals surface area contributed by atoms with E-state index in [1.165, 1.54) is 17.3 Å². The highest BCUT2D eigenvalue weighted by Crippen LogP contribution is 2.08. The molecule has 0 amide bonds. The second kappa shape index (κ2) is 7.63. The first kappa shape index (κ1) is 13.2. The molecule has 0 aliphatic carbocycles. The number of amidine groups is 1. The van der Waals surface area contributed by atoms with Crippen LogP contribution in [0.5, 0.6) is 0 Å². The highest BCUT2D eigenvalue weighted by Gasteiger charge is 1.96. The van der Waals surface area contributed by atoms with E-state index in [2.05, 4.69) is 12.1 Å². The number of hydrogen-bond acceptors (Lipinski definition) is 4. The van der Waals surface area contributed by atoms with Crippen molar-refractivity contribution in [3.8, 4) is 0 Å². The van der Waals surface area contributed by atoms with Crippen LogP contribution >= 0.6 is 11.8 Å². The summed E-state index contributed by atoms with van der Waals surface area (Å²) in [6.45, 7) is 0. The molecule has 1 aromatic rings. The van der Waals surface area contributed by atoms with Crippen LogP contribution in [0, 0.1) is 15.3 Å². The van der Waals surface area contributed by atoms with E-state index in [9.17, 15) is 0 Å². The van der Waals surface area contributed by atoms with Crippen LogP contribution < -0.4 is 11.1 Å². The van der Waals surface area contributed by atoms with Crippen LogP contribution in [0.3, 0.4) is 0 Å². The lowest BCUT2D eigenvalue weighted by molar-refractivity contribution is -0.402. The van der Waals surface area contributed by atoms with Crippen molar-refractivity contribution in [3.63, 3.8) is 0 Å². The van der Waals surface area contributed by atoms with Crippen LogP contribution in [-0.4, -0.2) is 10.3 Å². The van der Waals surface area contributed by atoms with Crippen LogP contribution in [0.25, 0.3) is 0 Å². The van der Waals surface area contributed by atoms with Gasteiger partial charge < -0.3 is 15.3 Å². The molecule has 0 fully saturated rings. The number of thioether (sulfide) groups is 1. The van der Waals surface area contributed by atoms with E-state index < -0.39 is 5.09 Å². The van der Waals surface area contributed by atoms with Gasteiger partial charge >= 0.3 is 0 Å². The van der Waals surface area contributed by atoms with Crippen LogP contribution in [0.2, 0.25) is 0 Å². The fraction of sp³-hybridized carbons (Fsp3) is 0.125. The Hall–Kier alpha value is -1.76. The quantitative estimate of drug-likeness (QED) is 0.314. The van der Waals surface area contributed by atoms with E-state index in [1.54, 1.807) is 0 Å². The smallest absolute Gasteiger partial charge is 0.300 e. The topological polar surface area (TPSA) is 118 Å². The Labute approximate surface area is 90.7 Å². The zero-order valence-electron chi connectivity index (χ0n) is 7.83. The van der Waals surface area contributed by atoms with Gasteiger partial charge in [0.1, 0.15) is 0 Å². The Bertz CT molecular complexity index is 314. The average molecular weight is 229 g/mol. The molecule has 0 heterocycles. The van der Waals surface area contributed by atoms with Gasteiger partial charge in [0.05, 0.1) is 5.09 Å². The number of benzene rings is 1. The van der Waals surface area contributed by atoms with Gasteiger partial charge in [0.2, 0.25) is 0 Å². The van der Waals surface area contributed by atoms with E-state index in [4.69, 9.17) is 26.5 Å². The first-order valence-corrected chi connectivity index (χ1v) is 4.87. The first-order chi connectivity index (χ1) is 7.02. The summed E-state index contributed by atoms with van der Waals surface area (Å²) in [5.74, 6) is 0.850. The molecular formula is C8H11N3O3S. The molecule has 0 saturated heterocycles. The third kappa shape index (κ3) is 10.2. The zero-order valence-corrected chi connectivity index (χ0v) is 8.65. The van der Waals surface area contributed by atoms with Crippen LogP contribution in [-0.2, 0) is 5.75 Å². The molecule has 0 aliphatic heterocycles. The minimum atomic E-state index is -1.75. The lowest BCUT2D eigenvalue weighted by atomic mass is 10.2. The molecule has 6 nitrogen and oxygen atoms in total. The van der Waals surface area contributed by atoms with Crippen LogP contribution in [0.15, 0.2) is 30.3 Å². The van der Waals surface area contributed by atoms with Gasteiger partial charge in [-0.25, -0.2) is 0 Å². The summed E-state index contributed by atoms with van der Waals surface area (Å²) in [6, 6.07) is 10.1. The van der Waals surface area contributed by atoms with Gasteiger partial charge in [-0.3, -0.25) is 11.1 Å². The highest BCUT2D eigenvalue weighted by molar-refractivity contribution is 8.12. The molecule has 1 aromatic carbocycles. The number of hydrogen-bond donors (Lipinski definition) is 2. The second-order valence-electron chi connectivity index (χ2n) is 2.40. The minimum absolute atomic E-state index is 0.425. The van der Waals surface area contributed by atoms with E-state index in [0.717, 1.165) is 5.75 Å². The Kier molecular flexibility index (Phi) is 6.73. The van der Waals surface area contributed by atoms with E-state index in [0.29, 0.717) is 5.17 Å². The van der Waals surface area contributed by atoms with Gasteiger partial charge in [-0.2, -0.15) is 0 Å². The summed E-state index contributed by atoms with van der Waals surface area (Å²) in [6.07, 6.45) is 0. The predicted molar refractivity (Wildman–Crippen MR) is 59.2 cm³/mol. The monoisotopic (exact) mass is 229 g/mol. The summed E-state index contributed by atoms with van der Waals surface area (Å²) in [5.41, 5.74) is 6.54. The van der Waals surface area contributed by atoms with Crippen molar-refractivity contribution in [1.29, 1.82) is 0 Å². The van der Waals surface area contributed by atoms with E-state index >= 15 is 0 Å².